The van der Waals surface area contributed by atoms with Crippen molar-refractivity contribution in [3.63, 3.8) is 0 Å². The highest BCUT2D eigenvalue weighted by molar-refractivity contribution is 7.98. The maximum Gasteiger partial charge on any atom is 0.223 e. The summed E-state index contributed by atoms with van der Waals surface area (Å²) in [5.41, 5.74) is 2.92. The van der Waals surface area contributed by atoms with E-state index in [0.29, 0.717) is 5.75 Å². The number of hydrogen-bond donors (Lipinski definition) is 2. The Morgan fingerprint density at radius 2 is 2.06 bits per heavy atom. The van der Waals surface area contributed by atoms with Crippen LogP contribution in [0.15, 0.2) is 40.2 Å². The first kappa shape index (κ1) is 12.8. The molecule has 0 atom stereocenters. The van der Waals surface area contributed by atoms with Crippen LogP contribution in [0.5, 0.6) is 5.75 Å². The topological polar surface area (TPSA) is 53.1 Å². The summed E-state index contributed by atoms with van der Waals surface area (Å²) in [5, 5.41) is 9.16. The third-order valence-corrected chi connectivity index (χ3v) is 3.89. The summed E-state index contributed by atoms with van der Waals surface area (Å²) in [6.07, 6.45) is 1.33. The number of nitrogens with one attached hydrogen (secondary N) is 1. The van der Waals surface area contributed by atoms with E-state index in [2.05, 4.69) is 37.0 Å². The monoisotopic (exact) mass is 261 g/mol. The van der Waals surface area contributed by atoms with E-state index in [1.54, 1.807) is 11.8 Å². The predicted octanol–water partition coefficient (Wildman–Crippen LogP) is 2.99. The number of thioether (sulfide) groups is 1. The molecule has 1 aromatic carbocycles. The van der Waals surface area contributed by atoms with Gasteiger partial charge in [-0.15, -0.1) is 11.8 Å². The fraction of sp³-hybridized carbons (Fsp3) is 0.214. The molecule has 2 rings (SSSR count). The average Bonchev–Trinajstić information content (AvgIpc) is 2.34. The molecule has 0 aliphatic carbocycles. The van der Waals surface area contributed by atoms with Crippen LogP contribution in [0.4, 0.5) is 0 Å². The molecule has 1 aromatic heterocycles. The first-order valence-corrected chi connectivity index (χ1v) is 6.65. The van der Waals surface area contributed by atoms with E-state index in [0.717, 1.165) is 5.69 Å². The maximum atomic E-state index is 11.3. The summed E-state index contributed by atoms with van der Waals surface area (Å²) >= 11 is 1.68. The lowest BCUT2D eigenvalue weighted by molar-refractivity contribution is 0.467. The van der Waals surface area contributed by atoms with E-state index in [-0.39, 0.29) is 11.2 Å². The predicted molar refractivity (Wildman–Crippen MR) is 74.2 cm³/mol. The molecule has 4 heteroatoms. The molecule has 3 nitrogen and oxygen atoms in total. The van der Waals surface area contributed by atoms with E-state index in [9.17, 15) is 4.79 Å². The van der Waals surface area contributed by atoms with Crippen molar-refractivity contribution in [2.45, 2.75) is 24.5 Å². The molecule has 94 valence electrons. The highest BCUT2D eigenvalue weighted by Crippen LogP contribution is 2.26. The van der Waals surface area contributed by atoms with Gasteiger partial charge in [0.1, 0.15) is 0 Å². The van der Waals surface area contributed by atoms with Gasteiger partial charge < -0.3 is 10.1 Å². The number of H-pyrrole nitrogens is 1. The van der Waals surface area contributed by atoms with E-state index in [4.69, 9.17) is 5.11 Å². The number of pyridine rings is 1. The van der Waals surface area contributed by atoms with Crippen molar-refractivity contribution in [3.8, 4) is 5.75 Å². The van der Waals surface area contributed by atoms with E-state index in [1.807, 2.05) is 0 Å². The Morgan fingerprint density at radius 3 is 2.78 bits per heavy atom. The van der Waals surface area contributed by atoms with Crippen LogP contribution in [-0.4, -0.2) is 10.1 Å². The second kappa shape index (κ2) is 5.31. The normalized spacial score (nSPS) is 10.6. The number of aromatic hydroxyl groups is 1. The summed E-state index contributed by atoms with van der Waals surface area (Å²) in [6, 6.07) is 7.75. The van der Waals surface area contributed by atoms with Crippen molar-refractivity contribution in [3.05, 3.63) is 57.5 Å². The molecule has 0 saturated heterocycles. The molecule has 0 spiro atoms. The van der Waals surface area contributed by atoms with Gasteiger partial charge in [-0.2, -0.15) is 0 Å². The second-order valence-corrected chi connectivity index (χ2v) is 5.28. The highest BCUT2D eigenvalue weighted by Gasteiger charge is 2.03. The Labute approximate surface area is 110 Å². The van der Waals surface area contributed by atoms with Gasteiger partial charge in [0.2, 0.25) is 5.43 Å². The SMILES string of the molecule is Cc1ccc(C)c(SCc2cc(=O)c(O)c[nH]2)c1. The quantitative estimate of drug-likeness (QED) is 0.835. The molecular weight excluding hydrogens is 246 g/mol. The number of benzene rings is 1. The Kier molecular flexibility index (Phi) is 3.77. The molecule has 0 amide bonds. The fourth-order valence-electron chi connectivity index (χ4n) is 1.61. The zero-order valence-electron chi connectivity index (χ0n) is 10.4. The van der Waals surface area contributed by atoms with Gasteiger partial charge in [0.25, 0.3) is 0 Å². The van der Waals surface area contributed by atoms with Crippen molar-refractivity contribution in [2.75, 3.05) is 0 Å². The molecule has 2 N–H and O–H groups in total. The minimum absolute atomic E-state index is 0.240. The first-order chi connectivity index (χ1) is 8.56. The van der Waals surface area contributed by atoms with Gasteiger partial charge >= 0.3 is 0 Å². The first-order valence-electron chi connectivity index (χ1n) is 5.67. The van der Waals surface area contributed by atoms with Crippen molar-refractivity contribution in [1.29, 1.82) is 0 Å². The number of aromatic amines is 1. The minimum atomic E-state index is -0.342. The van der Waals surface area contributed by atoms with Gasteiger partial charge in [0.15, 0.2) is 5.75 Å². The van der Waals surface area contributed by atoms with E-state index in [1.165, 1.54) is 28.3 Å². The fourth-order valence-corrected chi connectivity index (χ4v) is 2.65. The zero-order valence-corrected chi connectivity index (χ0v) is 11.2. The lowest BCUT2D eigenvalue weighted by Crippen LogP contribution is -2.01. The highest BCUT2D eigenvalue weighted by atomic mass is 32.2. The summed E-state index contributed by atoms with van der Waals surface area (Å²) in [5.74, 6) is 0.440. The Morgan fingerprint density at radius 1 is 1.28 bits per heavy atom. The third kappa shape index (κ3) is 2.96. The van der Waals surface area contributed by atoms with Crippen LogP contribution in [-0.2, 0) is 5.75 Å². The van der Waals surface area contributed by atoms with Crippen molar-refractivity contribution in [1.82, 2.24) is 4.98 Å². The van der Waals surface area contributed by atoms with E-state index >= 15 is 0 Å². The largest absolute Gasteiger partial charge is 0.503 e. The summed E-state index contributed by atoms with van der Waals surface area (Å²) in [7, 11) is 0. The summed E-state index contributed by atoms with van der Waals surface area (Å²) < 4.78 is 0. The van der Waals surface area contributed by atoms with Crippen LogP contribution < -0.4 is 5.43 Å². The van der Waals surface area contributed by atoms with Crippen molar-refractivity contribution < 1.29 is 5.11 Å². The molecule has 18 heavy (non-hydrogen) atoms. The van der Waals surface area contributed by atoms with Gasteiger partial charge in [-0.3, -0.25) is 4.79 Å². The summed E-state index contributed by atoms with van der Waals surface area (Å²) in [4.78, 5) is 15.4. The molecule has 0 unspecified atom stereocenters. The maximum absolute atomic E-state index is 11.3. The van der Waals surface area contributed by atoms with Crippen LogP contribution in [0.3, 0.4) is 0 Å². The lowest BCUT2D eigenvalue weighted by Gasteiger charge is -2.07. The van der Waals surface area contributed by atoms with Gasteiger partial charge in [0.05, 0.1) is 0 Å². The van der Waals surface area contributed by atoms with Gasteiger partial charge in [-0.05, 0) is 25.5 Å². The molecule has 0 aliphatic heterocycles. The van der Waals surface area contributed by atoms with Crippen LogP contribution in [0.2, 0.25) is 0 Å². The molecule has 2 aromatic rings. The van der Waals surface area contributed by atoms with Crippen LogP contribution in [0.25, 0.3) is 0 Å². The van der Waals surface area contributed by atoms with Gasteiger partial charge in [-0.25, -0.2) is 0 Å². The van der Waals surface area contributed by atoms with Crippen LogP contribution >= 0.6 is 11.8 Å². The smallest absolute Gasteiger partial charge is 0.223 e. The average molecular weight is 261 g/mol. The number of aryl methyl sites for hydroxylation is 2. The molecule has 0 fully saturated rings. The Bertz CT molecular complexity index is 619. The number of aromatic nitrogens is 1. The van der Waals surface area contributed by atoms with Crippen molar-refractivity contribution >= 4 is 11.8 Å². The second-order valence-electron chi connectivity index (χ2n) is 4.27. The minimum Gasteiger partial charge on any atom is -0.503 e. The van der Waals surface area contributed by atoms with Crippen LogP contribution in [0, 0.1) is 13.8 Å². The molecule has 0 aliphatic rings. The molecule has 1 heterocycles. The van der Waals surface area contributed by atoms with Crippen LogP contribution in [0.1, 0.15) is 16.8 Å². The molecular formula is C14H15NO2S. The lowest BCUT2D eigenvalue weighted by atomic mass is 10.2. The number of hydrogen-bond acceptors (Lipinski definition) is 3. The number of rotatable bonds is 3. The third-order valence-electron chi connectivity index (χ3n) is 2.68. The summed E-state index contributed by atoms with van der Waals surface area (Å²) in [6.45, 7) is 4.13. The molecule has 0 radical (unpaired) electrons. The zero-order chi connectivity index (χ0) is 13.1. The Hall–Kier alpha value is -1.68. The van der Waals surface area contributed by atoms with E-state index < -0.39 is 0 Å². The van der Waals surface area contributed by atoms with Gasteiger partial charge in [-0.1, -0.05) is 17.7 Å². The van der Waals surface area contributed by atoms with Gasteiger partial charge in [0, 0.05) is 28.6 Å². The molecule has 0 bridgehead atoms. The Balaban J connectivity index is 2.13. The molecule has 0 saturated carbocycles. The van der Waals surface area contributed by atoms with Crippen molar-refractivity contribution in [2.24, 2.45) is 0 Å². The standard InChI is InChI=1S/C14H15NO2S/c1-9-3-4-10(2)14(5-9)18-8-11-6-12(16)13(17)7-15-11/h3-7,17H,8H2,1-2H3,(H,15,16).